The number of hydrogen-bond donors (Lipinski definition) is 1. The van der Waals surface area contributed by atoms with Crippen LogP contribution in [0.2, 0.25) is 0 Å². The van der Waals surface area contributed by atoms with E-state index < -0.39 is 5.91 Å². The standard InChI is InChI=1S/C10H10BrNO/c1-2-3-7-4-5-8(11)6-9(7)10(12)13/h2,4-6H,1,3H2,(H2,12,13). The minimum atomic E-state index is -0.404. The molecule has 0 fully saturated rings. The molecule has 1 amide bonds. The van der Waals surface area contributed by atoms with E-state index in [1.165, 1.54) is 0 Å². The van der Waals surface area contributed by atoms with Crippen molar-refractivity contribution in [1.29, 1.82) is 0 Å². The van der Waals surface area contributed by atoms with E-state index in [1.54, 1.807) is 12.1 Å². The molecule has 1 rings (SSSR count). The molecule has 0 saturated carbocycles. The maximum absolute atomic E-state index is 11.0. The van der Waals surface area contributed by atoms with Gasteiger partial charge >= 0.3 is 0 Å². The summed E-state index contributed by atoms with van der Waals surface area (Å²) in [5.74, 6) is -0.404. The van der Waals surface area contributed by atoms with Crippen molar-refractivity contribution >= 4 is 21.8 Å². The van der Waals surface area contributed by atoms with E-state index >= 15 is 0 Å². The Morgan fingerprint density at radius 2 is 2.31 bits per heavy atom. The van der Waals surface area contributed by atoms with Gasteiger partial charge in [-0.1, -0.05) is 28.1 Å². The van der Waals surface area contributed by atoms with Crippen molar-refractivity contribution in [3.8, 4) is 0 Å². The molecule has 0 radical (unpaired) electrons. The summed E-state index contributed by atoms with van der Waals surface area (Å²) in [7, 11) is 0. The van der Waals surface area contributed by atoms with Gasteiger partial charge in [-0.2, -0.15) is 0 Å². The molecule has 0 atom stereocenters. The predicted molar refractivity (Wildman–Crippen MR) is 56.6 cm³/mol. The monoisotopic (exact) mass is 239 g/mol. The lowest BCUT2D eigenvalue weighted by Gasteiger charge is -2.04. The van der Waals surface area contributed by atoms with Crippen molar-refractivity contribution in [3.63, 3.8) is 0 Å². The fourth-order valence-corrected chi connectivity index (χ4v) is 1.47. The van der Waals surface area contributed by atoms with Crippen molar-refractivity contribution in [2.75, 3.05) is 0 Å². The average Bonchev–Trinajstić information content (AvgIpc) is 2.08. The number of nitrogens with two attached hydrogens (primary N) is 1. The zero-order valence-electron chi connectivity index (χ0n) is 7.09. The van der Waals surface area contributed by atoms with Gasteiger partial charge in [-0.05, 0) is 24.1 Å². The molecule has 0 saturated heterocycles. The first-order chi connectivity index (χ1) is 6.15. The molecule has 2 N–H and O–H groups in total. The Labute approximate surface area is 85.6 Å². The predicted octanol–water partition coefficient (Wildman–Crippen LogP) is 2.28. The molecule has 68 valence electrons. The average molecular weight is 240 g/mol. The van der Waals surface area contributed by atoms with Gasteiger partial charge in [0.25, 0.3) is 0 Å². The van der Waals surface area contributed by atoms with E-state index in [9.17, 15) is 4.79 Å². The lowest BCUT2D eigenvalue weighted by atomic mass is 10.0. The number of primary amides is 1. The fraction of sp³-hybridized carbons (Fsp3) is 0.100. The van der Waals surface area contributed by atoms with E-state index in [4.69, 9.17) is 5.73 Å². The maximum atomic E-state index is 11.0. The summed E-state index contributed by atoms with van der Waals surface area (Å²) < 4.78 is 0.856. The number of carbonyl (C=O) groups excluding carboxylic acids is 1. The molecule has 0 spiro atoms. The number of amides is 1. The molecular formula is C10H10BrNO. The minimum Gasteiger partial charge on any atom is -0.366 e. The second kappa shape index (κ2) is 4.23. The van der Waals surface area contributed by atoms with Crippen molar-refractivity contribution in [3.05, 3.63) is 46.5 Å². The minimum absolute atomic E-state index is 0.404. The molecule has 0 aromatic heterocycles. The Bertz CT molecular complexity index is 347. The third-order valence-corrected chi connectivity index (χ3v) is 2.19. The maximum Gasteiger partial charge on any atom is 0.249 e. The molecule has 1 aromatic rings. The molecule has 13 heavy (non-hydrogen) atoms. The van der Waals surface area contributed by atoms with E-state index in [2.05, 4.69) is 22.5 Å². The van der Waals surface area contributed by atoms with Gasteiger partial charge in [0.05, 0.1) is 0 Å². The van der Waals surface area contributed by atoms with Crippen LogP contribution in [0.25, 0.3) is 0 Å². The number of allylic oxidation sites excluding steroid dienone is 1. The summed E-state index contributed by atoms with van der Waals surface area (Å²) in [6.45, 7) is 3.62. The smallest absolute Gasteiger partial charge is 0.249 e. The van der Waals surface area contributed by atoms with Crippen LogP contribution in [-0.4, -0.2) is 5.91 Å². The first-order valence-corrected chi connectivity index (χ1v) is 4.63. The molecule has 0 aliphatic carbocycles. The zero-order valence-corrected chi connectivity index (χ0v) is 8.67. The molecule has 1 aromatic carbocycles. The SMILES string of the molecule is C=CCc1ccc(Br)cc1C(N)=O. The van der Waals surface area contributed by atoms with Crippen molar-refractivity contribution in [2.45, 2.75) is 6.42 Å². The van der Waals surface area contributed by atoms with Crippen LogP contribution in [0.15, 0.2) is 35.3 Å². The molecule has 2 nitrogen and oxygen atoms in total. The summed E-state index contributed by atoms with van der Waals surface area (Å²) in [5, 5.41) is 0. The number of carbonyl (C=O) groups is 1. The van der Waals surface area contributed by atoms with Gasteiger partial charge in [-0.3, -0.25) is 4.79 Å². The quantitative estimate of drug-likeness (QED) is 0.809. The van der Waals surface area contributed by atoms with Gasteiger partial charge in [-0.25, -0.2) is 0 Å². The second-order valence-corrected chi connectivity index (χ2v) is 3.57. The highest BCUT2D eigenvalue weighted by Gasteiger charge is 2.06. The van der Waals surface area contributed by atoms with Gasteiger partial charge in [0.1, 0.15) is 0 Å². The largest absolute Gasteiger partial charge is 0.366 e. The van der Waals surface area contributed by atoms with Gasteiger partial charge in [0, 0.05) is 10.0 Å². The van der Waals surface area contributed by atoms with Crippen LogP contribution in [0.5, 0.6) is 0 Å². The highest BCUT2D eigenvalue weighted by atomic mass is 79.9. The number of halogens is 1. The summed E-state index contributed by atoms with van der Waals surface area (Å²) >= 11 is 3.28. The highest BCUT2D eigenvalue weighted by molar-refractivity contribution is 9.10. The van der Waals surface area contributed by atoms with Crippen LogP contribution in [0.1, 0.15) is 15.9 Å². The number of benzene rings is 1. The van der Waals surface area contributed by atoms with Gasteiger partial charge < -0.3 is 5.73 Å². The topological polar surface area (TPSA) is 43.1 Å². The molecule has 0 aliphatic rings. The summed E-state index contributed by atoms with van der Waals surface area (Å²) in [5.41, 5.74) is 6.68. The summed E-state index contributed by atoms with van der Waals surface area (Å²) in [6, 6.07) is 5.47. The first-order valence-electron chi connectivity index (χ1n) is 3.84. The highest BCUT2D eigenvalue weighted by Crippen LogP contribution is 2.16. The Morgan fingerprint density at radius 3 is 2.85 bits per heavy atom. The van der Waals surface area contributed by atoms with Gasteiger partial charge in [0.2, 0.25) is 5.91 Å². The Kier molecular flexibility index (Phi) is 3.25. The van der Waals surface area contributed by atoms with Crippen LogP contribution in [0, 0.1) is 0 Å². The lowest BCUT2D eigenvalue weighted by molar-refractivity contribution is 0.0999. The van der Waals surface area contributed by atoms with Crippen LogP contribution in [0.3, 0.4) is 0 Å². The van der Waals surface area contributed by atoms with Crippen molar-refractivity contribution in [2.24, 2.45) is 5.73 Å². The van der Waals surface area contributed by atoms with Crippen LogP contribution >= 0.6 is 15.9 Å². The van der Waals surface area contributed by atoms with Gasteiger partial charge in [-0.15, -0.1) is 6.58 Å². The normalized spacial score (nSPS) is 9.62. The summed E-state index contributed by atoms with van der Waals surface area (Å²) in [6.07, 6.45) is 2.40. The van der Waals surface area contributed by atoms with Crippen molar-refractivity contribution in [1.82, 2.24) is 0 Å². The molecule has 0 aliphatic heterocycles. The third-order valence-electron chi connectivity index (χ3n) is 1.70. The van der Waals surface area contributed by atoms with E-state index in [0.29, 0.717) is 12.0 Å². The van der Waals surface area contributed by atoms with Crippen molar-refractivity contribution < 1.29 is 4.79 Å². The van der Waals surface area contributed by atoms with Crippen LogP contribution in [0.4, 0.5) is 0 Å². The Hall–Kier alpha value is -1.09. The molecule has 0 unspecified atom stereocenters. The Balaban J connectivity index is 3.17. The van der Waals surface area contributed by atoms with E-state index in [1.807, 2.05) is 12.1 Å². The molecule has 0 bridgehead atoms. The van der Waals surface area contributed by atoms with E-state index in [-0.39, 0.29) is 0 Å². The molecule has 3 heteroatoms. The zero-order chi connectivity index (χ0) is 9.84. The first kappa shape index (κ1) is 9.99. The third kappa shape index (κ3) is 2.42. The van der Waals surface area contributed by atoms with Gasteiger partial charge in [0.15, 0.2) is 0 Å². The lowest BCUT2D eigenvalue weighted by Crippen LogP contribution is -2.13. The fourth-order valence-electron chi connectivity index (χ4n) is 1.11. The number of hydrogen-bond acceptors (Lipinski definition) is 1. The summed E-state index contributed by atoms with van der Waals surface area (Å²) in [4.78, 5) is 11.0. The second-order valence-electron chi connectivity index (χ2n) is 2.66. The van der Waals surface area contributed by atoms with E-state index in [0.717, 1.165) is 10.0 Å². The molecular weight excluding hydrogens is 230 g/mol. The Morgan fingerprint density at radius 1 is 1.62 bits per heavy atom. The molecule has 0 heterocycles. The van der Waals surface area contributed by atoms with Crippen LogP contribution in [-0.2, 0) is 6.42 Å². The number of rotatable bonds is 3. The van der Waals surface area contributed by atoms with Crippen LogP contribution < -0.4 is 5.73 Å².